The number of Topliss-reactive ketones (excluding diaryl/α,β-unsaturated/α-hetero) is 1. The van der Waals surface area contributed by atoms with Gasteiger partial charge >= 0.3 is 7.12 Å². The second-order valence-corrected chi connectivity index (χ2v) is 43.4. The zero-order chi connectivity index (χ0) is 61.3. The van der Waals surface area contributed by atoms with Gasteiger partial charge in [0.15, 0.2) is 5.78 Å². The van der Waals surface area contributed by atoms with Gasteiger partial charge < -0.3 is 14.4 Å². The molecule has 0 saturated carbocycles. The normalized spacial score (nSPS) is 15.0. The molecule has 0 bridgehead atoms. The van der Waals surface area contributed by atoms with Crippen molar-refractivity contribution in [3.05, 3.63) is 119 Å². The van der Waals surface area contributed by atoms with E-state index in [9.17, 15) is 18.7 Å². The summed E-state index contributed by atoms with van der Waals surface area (Å²) in [5.74, 6) is 5.73. The van der Waals surface area contributed by atoms with Crippen molar-refractivity contribution in [2.45, 2.75) is 233 Å². The Balaban J connectivity index is 0.000000252. The number of phenolic OH excluding ortho intramolecular Hbond substituents is 1. The molecule has 1 aliphatic heterocycles. The number of aromatic hydroxyl groups is 1. The second-order valence-electron chi connectivity index (χ2n) is 26.2. The summed E-state index contributed by atoms with van der Waals surface area (Å²) in [6.45, 7) is 49.1. The van der Waals surface area contributed by atoms with Crippen molar-refractivity contribution in [3.8, 4) is 39.1 Å². The summed E-state index contributed by atoms with van der Waals surface area (Å²) >= 11 is 3.26. The minimum absolute atomic E-state index is 0.0794. The fraction of sp³-hybridized carbons (Fsp3) is 0.522. The molecule has 81 heavy (non-hydrogen) atoms. The molecular weight excluding hydrogens is 1120 g/mol. The van der Waals surface area contributed by atoms with Crippen molar-refractivity contribution in [1.29, 1.82) is 0 Å². The van der Waals surface area contributed by atoms with Gasteiger partial charge in [-0.1, -0.05) is 185 Å². The van der Waals surface area contributed by atoms with Crippen LogP contribution in [0.15, 0.2) is 78.9 Å². The molecule has 0 amide bonds. The number of carbonyl (C=O) groups is 1. The number of ketones is 1. The maximum Gasteiger partial charge on any atom is 0.495 e. The summed E-state index contributed by atoms with van der Waals surface area (Å²) in [4.78, 5) is 14.2. The van der Waals surface area contributed by atoms with E-state index in [-0.39, 0.29) is 29.0 Å². The fourth-order valence-electron chi connectivity index (χ4n) is 13.5. The molecule has 0 radical (unpaired) electrons. The van der Waals surface area contributed by atoms with Crippen LogP contribution in [0.3, 0.4) is 0 Å². The zero-order valence-corrected chi connectivity index (χ0v) is 57.7. The molecule has 2 aliphatic rings. The number of hydrogen-bond donors (Lipinski definition) is 1. The highest BCUT2D eigenvalue weighted by atomic mass is 79.9. The van der Waals surface area contributed by atoms with Crippen molar-refractivity contribution in [2.24, 2.45) is 0 Å². The second kappa shape index (κ2) is 28.5. The van der Waals surface area contributed by atoms with E-state index in [2.05, 4.69) is 174 Å². The Hall–Kier alpha value is -4.32. The van der Waals surface area contributed by atoms with E-state index in [1.54, 1.807) is 24.3 Å². The van der Waals surface area contributed by atoms with Crippen LogP contribution in [0.4, 0.5) is 13.2 Å². The molecule has 438 valence electrons. The SMILES string of the molecule is CC(C)[Si](C#CBr)(C(C)C)C(C)C.CC(C)[Si](C#Cc1c(F)ccc2cccc(B3OC(C)(C)C(C)(C)O3)c12)(C(C)C)C(C)C.CC(C)[Si](C#Cc1c(F)ccc2cccc(O)c12)(C(C)C)C(C)C.O=C1CCCc2ccc(F)cc21. The van der Waals surface area contributed by atoms with E-state index in [1.165, 1.54) is 24.3 Å². The predicted molar refractivity (Wildman–Crippen MR) is 352 cm³/mol. The first-order chi connectivity index (χ1) is 37.6. The van der Waals surface area contributed by atoms with E-state index >= 15 is 4.39 Å². The van der Waals surface area contributed by atoms with Gasteiger partial charge in [-0.05, 0) is 147 Å². The molecule has 12 heteroatoms. The third kappa shape index (κ3) is 15.0. The van der Waals surface area contributed by atoms with E-state index in [0.29, 0.717) is 61.7 Å². The third-order valence-corrected chi connectivity index (χ3v) is 37.8. The maximum atomic E-state index is 15.3. The Morgan fingerprint density at radius 3 is 1.33 bits per heavy atom. The lowest BCUT2D eigenvalue weighted by Gasteiger charge is -2.38. The van der Waals surface area contributed by atoms with Crippen molar-refractivity contribution < 1.29 is 32.4 Å². The van der Waals surface area contributed by atoms with E-state index in [4.69, 9.17) is 9.31 Å². The minimum Gasteiger partial charge on any atom is -0.507 e. The molecule has 0 unspecified atom stereocenters. The number of halogens is 4. The summed E-state index contributed by atoms with van der Waals surface area (Å²) in [6.07, 6.45) is 2.37. The van der Waals surface area contributed by atoms with Crippen molar-refractivity contribution >= 4 is 80.1 Å². The van der Waals surface area contributed by atoms with Crippen molar-refractivity contribution in [2.75, 3.05) is 0 Å². The molecule has 1 aliphatic carbocycles. The molecule has 1 saturated heterocycles. The average molecular weight is 1220 g/mol. The Bertz CT molecular complexity index is 3100. The van der Waals surface area contributed by atoms with Gasteiger partial charge in [0.2, 0.25) is 0 Å². The lowest BCUT2D eigenvalue weighted by Crippen LogP contribution is -2.43. The summed E-state index contributed by atoms with van der Waals surface area (Å²) in [5, 5.41) is 13.3. The van der Waals surface area contributed by atoms with Crippen molar-refractivity contribution in [3.63, 3.8) is 0 Å². The topological polar surface area (TPSA) is 55.8 Å². The highest BCUT2D eigenvalue weighted by molar-refractivity contribution is 9.12. The average Bonchev–Trinajstić information content (AvgIpc) is 3.59. The number of aryl methyl sites for hydroxylation is 1. The zero-order valence-electron chi connectivity index (χ0n) is 53.1. The van der Waals surface area contributed by atoms with Crippen LogP contribution in [0.1, 0.15) is 192 Å². The third-order valence-electron chi connectivity index (χ3n) is 18.4. The summed E-state index contributed by atoms with van der Waals surface area (Å²) in [6, 6.07) is 22.1. The number of benzene rings is 5. The number of hydrogen-bond acceptors (Lipinski definition) is 4. The maximum absolute atomic E-state index is 15.3. The van der Waals surface area contributed by atoms with Gasteiger partial charge in [-0.2, -0.15) is 0 Å². The minimum atomic E-state index is -2.01. The first kappa shape index (κ1) is 69.2. The Kier molecular flexibility index (Phi) is 24.3. The molecule has 5 aromatic carbocycles. The first-order valence-electron chi connectivity index (χ1n) is 29.6. The monoisotopic (exact) mass is 1220 g/mol. The molecule has 5 aromatic rings. The molecule has 0 spiro atoms. The molecule has 0 aromatic heterocycles. The number of rotatable bonds is 10. The molecule has 4 nitrogen and oxygen atoms in total. The van der Waals surface area contributed by atoms with Gasteiger partial charge in [-0.3, -0.25) is 4.79 Å². The standard InChI is InChI=1S/C27H38BFO2Si.C21H27FOSi.C11H21BrSi.C10H9FO/c1-18(2)32(19(3)4,20(5)6)17-16-22-24(29)15-14-21-12-11-13-23(25(21)22)28-30-26(7,8)27(9,10)31-28;1-14(2)24(15(3)4,16(5)6)13-12-18-19(22)11-10-17-8-7-9-20(23)21(17)18;1-9(2)13(8-7-12,10(3)4)11(5)6;11-8-5-4-7-2-1-3-10(12)9(7)6-8/h11-15,18-20H,1-10H3;7-11,14-16,23H,1-6H3;9-11H,1-6H3;4-6H,1-3H2. The van der Waals surface area contributed by atoms with Gasteiger partial charge in [0.05, 0.1) is 22.3 Å². The van der Waals surface area contributed by atoms with Gasteiger partial charge in [-0.15, -0.1) is 16.6 Å². The lowest BCUT2D eigenvalue weighted by molar-refractivity contribution is 0.00578. The Morgan fingerprint density at radius 1 is 0.531 bits per heavy atom. The van der Waals surface area contributed by atoms with Crippen LogP contribution in [-0.4, -0.2) is 53.4 Å². The van der Waals surface area contributed by atoms with Crippen LogP contribution >= 0.6 is 15.9 Å². The fourth-order valence-corrected chi connectivity index (χ4v) is 29.9. The van der Waals surface area contributed by atoms with Crippen molar-refractivity contribution in [1.82, 2.24) is 0 Å². The van der Waals surface area contributed by atoms with Crippen LogP contribution in [0.2, 0.25) is 49.9 Å². The predicted octanol–water partition coefficient (Wildman–Crippen LogP) is 20.0. The molecule has 0 atom stereocenters. The van der Waals surface area contributed by atoms with E-state index in [0.717, 1.165) is 56.7 Å². The molecular formula is C69H95BBrF3O4Si3. The first-order valence-corrected chi connectivity index (χ1v) is 37.1. The molecule has 1 N–H and O–H groups in total. The van der Waals surface area contributed by atoms with Gasteiger partial charge in [0, 0.05) is 38.7 Å². The summed E-state index contributed by atoms with van der Waals surface area (Å²) < 4.78 is 55.2. The molecule has 1 heterocycles. The highest BCUT2D eigenvalue weighted by Gasteiger charge is 2.52. The van der Waals surface area contributed by atoms with Crippen LogP contribution in [0, 0.1) is 50.8 Å². The van der Waals surface area contributed by atoms with Crippen LogP contribution in [-0.2, 0) is 15.7 Å². The molecule has 1 fully saturated rings. The number of phenols is 1. The van der Waals surface area contributed by atoms with E-state index in [1.807, 2.05) is 58.0 Å². The van der Waals surface area contributed by atoms with Crippen LogP contribution < -0.4 is 5.46 Å². The largest absolute Gasteiger partial charge is 0.507 e. The highest BCUT2D eigenvalue weighted by Crippen LogP contribution is 2.44. The lowest BCUT2D eigenvalue weighted by atomic mass is 9.75. The quantitative estimate of drug-likeness (QED) is 0.112. The number of fused-ring (bicyclic) bond motifs is 3. The Labute approximate surface area is 499 Å². The summed E-state index contributed by atoms with van der Waals surface area (Å²) in [7, 11) is -5.95. The van der Waals surface area contributed by atoms with E-state index < -0.39 is 42.5 Å². The van der Waals surface area contributed by atoms with Gasteiger partial charge in [0.25, 0.3) is 0 Å². The Morgan fingerprint density at radius 2 is 0.926 bits per heavy atom. The van der Waals surface area contributed by atoms with Gasteiger partial charge in [0.1, 0.15) is 47.4 Å². The van der Waals surface area contributed by atoms with Crippen LogP contribution in [0.5, 0.6) is 5.75 Å². The van der Waals surface area contributed by atoms with Crippen LogP contribution in [0.25, 0.3) is 21.5 Å². The van der Waals surface area contributed by atoms with Gasteiger partial charge in [-0.25, -0.2) is 13.2 Å². The molecule has 7 rings (SSSR count). The number of carbonyl (C=O) groups excluding carboxylic acids is 1. The summed E-state index contributed by atoms with van der Waals surface area (Å²) in [5.41, 5.74) is 18.1. The smallest absolute Gasteiger partial charge is 0.495 e.